The smallest absolute Gasteiger partial charge is 0.252 e. The summed E-state index contributed by atoms with van der Waals surface area (Å²) in [4.78, 5) is 15.0. The Hall–Kier alpha value is -1.77. The number of piperazine rings is 1. The standard InChI is InChI=1S/C18H21FN2O3S2/c1-14-5-8-18(25-14)26(23,24)21-11-9-20(10-12-21)17(22)7-6-15-3-2-4-16(19)13-15/h2-5,8,13H,6-7,9-12H2,1H3. The summed E-state index contributed by atoms with van der Waals surface area (Å²) in [5.41, 5.74) is 0.785. The topological polar surface area (TPSA) is 57.7 Å². The minimum atomic E-state index is -3.48. The van der Waals surface area contributed by atoms with Crippen LogP contribution in [-0.4, -0.2) is 49.7 Å². The second-order valence-electron chi connectivity index (χ2n) is 6.28. The number of sulfonamides is 1. The van der Waals surface area contributed by atoms with Gasteiger partial charge in [-0.15, -0.1) is 11.3 Å². The minimum absolute atomic E-state index is 0.0294. The first-order valence-corrected chi connectivity index (χ1v) is 10.7. The van der Waals surface area contributed by atoms with Crippen LogP contribution in [0.25, 0.3) is 0 Å². The van der Waals surface area contributed by atoms with E-state index in [-0.39, 0.29) is 11.7 Å². The summed E-state index contributed by atoms with van der Waals surface area (Å²) in [5.74, 6) is -0.337. The molecule has 0 bridgehead atoms. The number of aryl methyl sites for hydroxylation is 2. The zero-order chi connectivity index (χ0) is 18.7. The van der Waals surface area contributed by atoms with Crippen molar-refractivity contribution in [1.29, 1.82) is 0 Å². The van der Waals surface area contributed by atoms with E-state index in [2.05, 4.69) is 0 Å². The van der Waals surface area contributed by atoms with Crippen molar-refractivity contribution in [2.75, 3.05) is 26.2 Å². The molecule has 0 spiro atoms. The van der Waals surface area contributed by atoms with Gasteiger partial charge in [-0.2, -0.15) is 4.31 Å². The Morgan fingerprint density at radius 2 is 1.88 bits per heavy atom. The molecular weight excluding hydrogens is 375 g/mol. The second kappa shape index (κ2) is 7.85. The molecule has 2 heterocycles. The third-order valence-electron chi connectivity index (χ3n) is 4.42. The maximum atomic E-state index is 13.2. The lowest BCUT2D eigenvalue weighted by Crippen LogP contribution is -2.50. The average molecular weight is 397 g/mol. The van der Waals surface area contributed by atoms with Crippen LogP contribution in [0.4, 0.5) is 4.39 Å². The van der Waals surface area contributed by atoms with Crippen LogP contribution in [0.2, 0.25) is 0 Å². The monoisotopic (exact) mass is 396 g/mol. The summed E-state index contributed by atoms with van der Waals surface area (Å²) in [5, 5.41) is 0. The molecule has 0 radical (unpaired) electrons. The zero-order valence-corrected chi connectivity index (χ0v) is 16.2. The fourth-order valence-electron chi connectivity index (χ4n) is 2.96. The van der Waals surface area contributed by atoms with Crippen LogP contribution in [-0.2, 0) is 21.2 Å². The van der Waals surface area contributed by atoms with Gasteiger partial charge in [-0.25, -0.2) is 12.8 Å². The Morgan fingerprint density at radius 3 is 2.50 bits per heavy atom. The molecule has 1 fully saturated rings. The first kappa shape index (κ1) is 19.0. The first-order chi connectivity index (χ1) is 12.4. The van der Waals surface area contributed by atoms with Gasteiger partial charge >= 0.3 is 0 Å². The number of nitrogens with zero attached hydrogens (tertiary/aromatic N) is 2. The molecule has 0 unspecified atom stereocenters. The highest BCUT2D eigenvalue weighted by Gasteiger charge is 2.30. The number of hydrogen-bond donors (Lipinski definition) is 0. The van der Waals surface area contributed by atoms with E-state index < -0.39 is 10.0 Å². The van der Waals surface area contributed by atoms with E-state index >= 15 is 0 Å². The van der Waals surface area contributed by atoms with Crippen LogP contribution >= 0.6 is 11.3 Å². The van der Waals surface area contributed by atoms with Crippen molar-refractivity contribution in [3.05, 3.63) is 52.7 Å². The van der Waals surface area contributed by atoms with Crippen LogP contribution in [0.5, 0.6) is 0 Å². The normalized spacial score (nSPS) is 16.0. The molecule has 1 aliphatic rings. The Bertz CT molecular complexity index is 887. The number of thiophene rings is 1. The number of amides is 1. The van der Waals surface area contributed by atoms with Gasteiger partial charge in [0, 0.05) is 37.5 Å². The summed E-state index contributed by atoms with van der Waals surface area (Å²) in [7, 11) is -3.48. The van der Waals surface area contributed by atoms with Gasteiger partial charge in [0.15, 0.2) is 0 Å². The van der Waals surface area contributed by atoms with Crippen molar-refractivity contribution in [2.24, 2.45) is 0 Å². The highest BCUT2D eigenvalue weighted by molar-refractivity contribution is 7.91. The van der Waals surface area contributed by atoms with Gasteiger partial charge < -0.3 is 4.90 Å². The molecule has 8 heteroatoms. The summed E-state index contributed by atoms with van der Waals surface area (Å²) in [6.45, 7) is 3.23. The quantitative estimate of drug-likeness (QED) is 0.781. The molecule has 1 saturated heterocycles. The maximum Gasteiger partial charge on any atom is 0.252 e. The minimum Gasteiger partial charge on any atom is -0.340 e. The Balaban J connectivity index is 1.54. The Morgan fingerprint density at radius 1 is 1.15 bits per heavy atom. The van der Waals surface area contributed by atoms with Gasteiger partial charge in [0.2, 0.25) is 5.91 Å². The molecule has 1 amide bonds. The van der Waals surface area contributed by atoms with Crippen molar-refractivity contribution in [2.45, 2.75) is 24.0 Å². The Kier molecular flexibility index (Phi) is 5.74. The lowest BCUT2D eigenvalue weighted by Gasteiger charge is -2.33. The molecule has 0 saturated carbocycles. The first-order valence-electron chi connectivity index (χ1n) is 8.45. The molecule has 26 heavy (non-hydrogen) atoms. The second-order valence-corrected chi connectivity index (χ2v) is 9.73. The predicted molar refractivity (Wildman–Crippen MR) is 99.1 cm³/mol. The SMILES string of the molecule is Cc1ccc(S(=O)(=O)N2CCN(C(=O)CCc3cccc(F)c3)CC2)s1. The van der Waals surface area contributed by atoms with Gasteiger partial charge in [0.1, 0.15) is 10.0 Å². The summed E-state index contributed by atoms with van der Waals surface area (Å²) < 4.78 is 40.2. The van der Waals surface area contributed by atoms with Crippen LogP contribution in [0.3, 0.4) is 0 Å². The summed E-state index contributed by atoms with van der Waals surface area (Å²) in [6, 6.07) is 9.66. The van der Waals surface area contributed by atoms with Crippen LogP contribution < -0.4 is 0 Å². The number of hydrogen-bond acceptors (Lipinski definition) is 4. The fraction of sp³-hybridized carbons (Fsp3) is 0.389. The van der Waals surface area contributed by atoms with Crippen molar-refractivity contribution < 1.29 is 17.6 Å². The molecule has 1 aromatic heterocycles. The van der Waals surface area contributed by atoms with Gasteiger partial charge in [-0.3, -0.25) is 4.79 Å². The van der Waals surface area contributed by atoms with Crippen molar-refractivity contribution in [1.82, 2.24) is 9.21 Å². The summed E-state index contributed by atoms with van der Waals surface area (Å²) >= 11 is 1.26. The van der Waals surface area contributed by atoms with Crippen molar-refractivity contribution >= 4 is 27.3 Å². The van der Waals surface area contributed by atoms with Gasteiger partial charge in [-0.05, 0) is 43.2 Å². The molecule has 0 atom stereocenters. The molecule has 1 aromatic carbocycles. The van der Waals surface area contributed by atoms with Gasteiger partial charge in [-0.1, -0.05) is 12.1 Å². The number of rotatable bonds is 5. The van der Waals surface area contributed by atoms with Crippen LogP contribution in [0.1, 0.15) is 16.9 Å². The number of benzene rings is 1. The third-order valence-corrected chi connectivity index (χ3v) is 7.78. The highest BCUT2D eigenvalue weighted by atomic mass is 32.2. The molecule has 140 valence electrons. The lowest BCUT2D eigenvalue weighted by molar-refractivity contribution is -0.132. The molecule has 2 aromatic rings. The maximum absolute atomic E-state index is 13.2. The van der Waals surface area contributed by atoms with E-state index in [9.17, 15) is 17.6 Å². The molecule has 0 aliphatic carbocycles. The number of carbonyl (C=O) groups excluding carboxylic acids is 1. The van der Waals surface area contributed by atoms with E-state index in [1.807, 2.05) is 6.92 Å². The fourth-order valence-corrected chi connectivity index (χ4v) is 5.82. The molecule has 5 nitrogen and oxygen atoms in total. The van der Waals surface area contributed by atoms with Crippen molar-refractivity contribution in [3.8, 4) is 0 Å². The predicted octanol–water partition coefficient (Wildman–Crippen LogP) is 2.66. The zero-order valence-electron chi connectivity index (χ0n) is 14.5. The van der Waals surface area contributed by atoms with Crippen LogP contribution in [0, 0.1) is 12.7 Å². The van der Waals surface area contributed by atoms with E-state index in [1.54, 1.807) is 29.2 Å². The molecule has 3 rings (SSSR count). The number of carbonyl (C=O) groups is 1. The summed E-state index contributed by atoms with van der Waals surface area (Å²) in [6.07, 6.45) is 0.768. The number of halogens is 1. The van der Waals surface area contributed by atoms with E-state index in [4.69, 9.17) is 0 Å². The van der Waals surface area contributed by atoms with Gasteiger partial charge in [0.05, 0.1) is 0 Å². The Labute approximate surface area is 157 Å². The van der Waals surface area contributed by atoms with E-state index in [0.29, 0.717) is 43.2 Å². The van der Waals surface area contributed by atoms with Crippen molar-refractivity contribution in [3.63, 3.8) is 0 Å². The largest absolute Gasteiger partial charge is 0.340 e. The highest BCUT2D eigenvalue weighted by Crippen LogP contribution is 2.25. The molecule has 1 aliphatic heterocycles. The van der Waals surface area contributed by atoms with Crippen LogP contribution in [0.15, 0.2) is 40.6 Å². The molecular formula is C18H21FN2O3S2. The lowest BCUT2D eigenvalue weighted by atomic mass is 10.1. The van der Waals surface area contributed by atoms with Gasteiger partial charge in [0.25, 0.3) is 10.0 Å². The third kappa shape index (κ3) is 4.31. The van der Waals surface area contributed by atoms with E-state index in [1.165, 1.54) is 27.8 Å². The van der Waals surface area contributed by atoms with E-state index in [0.717, 1.165) is 10.4 Å². The molecule has 0 N–H and O–H groups in total. The average Bonchev–Trinajstić information content (AvgIpc) is 3.07.